The monoisotopic (exact) mass is 291 g/mol. The third kappa shape index (κ3) is 1.77. The molecule has 6 heteroatoms. The van der Waals surface area contributed by atoms with Crippen molar-refractivity contribution in [2.45, 2.75) is 6.92 Å². The number of imidazole rings is 2. The van der Waals surface area contributed by atoms with Gasteiger partial charge in [0.25, 0.3) is 5.91 Å². The van der Waals surface area contributed by atoms with Crippen molar-refractivity contribution in [3.8, 4) is 0 Å². The van der Waals surface area contributed by atoms with E-state index in [9.17, 15) is 4.79 Å². The van der Waals surface area contributed by atoms with E-state index in [1.54, 1.807) is 35.3 Å². The molecule has 0 bridgehead atoms. The van der Waals surface area contributed by atoms with Crippen LogP contribution in [0, 0.1) is 6.92 Å². The molecule has 3 heterocycles. The highest BCUT2D eigenvalue weighted by molar-refractivity contribution is 6.02. The van der Waals surface area contributed by atoms with Crippen LogP contribution in [-0.2, 0) is 0 Å². The molecule has 6 nitrogen and oxygen atoms in total. The number of nitrogens with two attached hydrogens (primary N) is 1. The predicted octanol–water partition coefficient (Wildman–Crippen LogP) is 2.26. The first-order valence-electron chi connectivity index (χ1n) is 6.84. The number of carbonyl (C=O) groups is 1. The van der Waals surface area contributed by atoms with Crippen LogP contribution >= 0.6 is 0 Å². The van der Waals surface area contributed by atoms with E-state index >= 15 is 0 Å². The highest BCUT2D eigenvalue weighted by Gasteiger charge is 2.16. The molecule has 0 spiro atoms. The first kappa shape index (κ1) is 12.6. The van der Waals surface area contributed by atoms with Gasteiger partial charge in [-0.05, 0) is 37.3 Å². The summed E-state index contributed by atoms with van der Waals surface area (Å²) in [4.78, 5) is 21.4. The van der Waals surface area contributed by atoms with E-state index in [4.69, 9.17) is 5.73 Å². The Kier molecular flexibility index (Phi) is 2.53. The Balaban J connectivity index is 1.91. The maximum absolute atomic E-state index is 12.9. The van der Waals surface area contributed by atoms with Gasteiger partial charge in [0.1, 0.15) is 5.82 Å². The van der Waals surface area contributed by atoms with Crippen LogP contribution in [0.5, 0.6) is 0 Å². The summed E-state index contributed by atoms with van der Waals surface area (Å²) < 4.78 is 3.45. The number of fused-ring (bicyclic) bond motifs is 2. The van der Waals surface area contributed by atoms with Crippen molar-refractivity contribution < 1.29 is 4.79 Å². The van der Waals surface area contributed by atoms with Crippen LogP contribution in [-0.4, -0.2) is 24.8 Å². The second-order valence-corrected chi connectivity index (χ2v) is 5.19. The lowest BCUT2D eigenvalue weighted by Crippen LogP contribution is -2.14. The molecule has 0 radical (unpaired) electrons. The van der Waals surface area contributed by atoms with Crippen molar-refractivity contribution in [3.05, 3.63) is 60.4 Å². The molecule has 108 valence electrons. The van der Waals surface area contributed by atoms with Crippen LogP contribution in [0.4, 0.5) is 5.69 Å². The van der Waals surface area contributed by atoms with Crippen LogP contribution < -0.4 is 5.73 Å². The Morgan fingerprint density at radius 2 is 2.09 bits per heavy atom. The molecule has 4 rings (SSSR count). The standard InChI is InChI=1S/C16H13N5O/c1-10-19-14-3-2-12(17)7-15(14)21(10)16(22)11-4-5-20-9-18-8-13(20)6-11/h2-9H,17H2,1H3. The molecule has 0 saturated heterocycles. The molecule has 0 aliphatic rings. The summed E-state index contributed by atoms with van der Waals surface area (Å²) in [6.45, 7) is 1.81. The summed E-state index contributed by atoms with van der Waals surface area (Å²) in [5, 5.41) is 0. The largest absolute Gasteiger partial charge is 0.399 e. The molecule has 0 atom stereocenters. The number of nitrogen functional groups attached to an aromatic ring is 1. The van der Waals surface area contributed by atoms with E-state index in [0.29, 0.717) is 17.1 Å². The van der Waals surface area contributed by atoms with Gasteiger partial charge >= 0.3 is 0 Å². The second kappa shape index (κ2) is 4.42. The van der Waals surface area contributed by atoms with Crippen molar-refractivity contribution in [3.63, 3.8) is 0 Å². The third-order valence-corrected chi connectivity index (χ3v) is 3.71. The van der Waals surface area contributed by atoms with Crippen molar-refractivity contribution >= 4 is 28.1 Å². The van der Waals surface area contributed by atoms with Crippen LogP contribution in [0.25, 0.3) is 16.6 Å². The Hall–Kier alpha value is -3.15. The van der Waals surface area contributed by atoms with E-state index in [2.05, 4.69) is 9.97 Å². The van der Waals surface area contributed by atoms with Gasteiger partial charge in [-0.25, -0.2) is 9.97 Å². The fourth-order valence-electron chi connectivity index (χ4n) is 2.65. The van der Waals surface area contributed by atoms with Gasteiger partial charge in [-0.2, -0.15) is 0 Å². The number of hydrogen-bond donors (Lipinski definition) is 1. The topological polar surface area (TPSA) is 78.2 Å². The number of aromatic nitrogens is 4. The molecule has 0 aliphatic carbocycles. The van der Waals surface area contributed by atoms with E-state index in [1.165, 1.54) is 0 Å². The zero-order valence-electron chi connectivity index (χ0n) is 11.9. The van der Waals surface area contributed by atoms with Gasteiger partial charge in [0.2, 0.25) is 0 Å². The van der Waals surface area contributed by atoms with Crippen molar-refractivity contribution in [2.24, 2.45) is 0 Å². The van der Waals surface area contributed by atoms with E-state index in [-0.39, 0.29) is 5.91 Å². The Bertz CT molecular complexity index is 1030. The van der Waals surface area contributed by atoms with Crippen LogP contribution in [0.1, 0.15) is 16.2 Å². The van der Waals surface area contributed by atoms with Crippen LogP contribution in [0.2, 0.25) is 0 Å². The number of anilines is 1. The molecule has 4 aromatic rings. The van der Waals surface area contributed by atoms with Gasteiger partial charge in [-0.1, -0.05) is 0 Å². The smallest absolute Gasteiger partial charge is 0.263 e. The van der Waals surface area contributed by atoms with Crippen molar-refractivity contribution in [2.75, 3.05) is 5.73 Å². The number of hydrogen-bond acceptors (Lipinski definition) is 4. The molecule has 0 unspecified atom stereocenters. The molecule has 0 aliphatic heterocycles. The fraction of sp³-hybridized carbons (Fsp3) is 0.0625. The lowest BCUT2D eigenvalue weighted by atomic mass is 10.2. The number of pyridine rings is 1. The molecule has 3 aromatic heterocycles. The minimum absolute atomic E-state index is 0.130. The molecular weight excluding hydrogens is 278 g/mol. The minimum atomic E-state index is -0.130. The summed E-state index contributed by atoms with van der Waals surface area (Å²) in [6, 6.07) is 8.95. The molecule has 1 aromatic carbocycles. The fourth-order valence-corrected chi connectivity index (χ4v) is 2.65. The average molecular weight is 291 g/mol. The second-order valence-electron chi connectivity index (χ2n) is 5.19. The maximum atomic E-state index is 12.9. The first-order chi connectivity index (χ1) is 10.6. The Morgan fingerprint density at radius 3 is 2.95 bits per heavy atom. The molecule has 2 N–H and O–H groups in total. The van der Waals surface area contributed by atoms with Gasteiger partial charge in [0.05, 0.1) is 29.1 Å². The highest BCUT2D eigenvalue weighted by Crippen LogP contribution is 2.20. The van der Waals surface area contributed by atoms with Gasteiger partial charge in [0, 0.05) is 17.4 Å². The zero-order chi connectivity index (χ0) is 15.3. The quantitative estimate of drug-likeness (QED) is 0.546. The van der Waals surface area contributed by atoms with Crippen molar-refractivity contribution in [1.29, 1.82) is 0 Å². The predicted molar refractivity (Wildman–Crippen MR) is 83.8 cm³/mol. The lowest BCUT2D eigenvalue weighted by Gasteiger charge is -2.06. The number of aryl methyl sites for hydroxylation is 1. The molecule has 0 amide bonds. The minimum Gasteiger partial charge on any atom is -0.399 e. The van der Waals surface area contributed by atoms with Gasteiger partial charge < -0.3 is 10.1 Å². The summed E-state index contributed by atoms with van der Waals surface area (Å²) in [5.41, 5.74) is 9.36. The molecule has 0 saturated carbocycles. The summed E-state index contributed by atoms with van der Waals surface area (Å²) in [5.74, 6) is 0.508. The van der Waals surface area contributed by atoms with E-state index in [1.807, 2.05) is 29.7 Å². The molecular formula is C16H13N5O. The number of nitrogens with zero attached hydrogens (tertiary/aromatic N) is 4. The third-order valence-electron chi connectivity index (χ3n) is 3.71. The van der Waals surface area contributed by atoms with Gasteiger partial charge in [-0.3, -0.25) is 9.36 Å². The number of carbonyl (C=O) groups excluding carboxylic acids is 1. The molecule has 22 heavy (non-hydrogen) atoms. The Morgan fingerprint density at radius 1 is 1.23 bits per heavy atom. The van der Waals surface area contributed by atoms with Crippen LogP contribution in [0.3, 0.4) is 0 Å². The van der Waals surface area contributed by atoms with Crippen LogP contribution in [0.15, 0.2) is 49.1 Å². The summed E-state index contributed by atoms with van der Waals surface area (Å²) in [6.07, 6.45) is 5.23. The number of benzene rings is 1. The van der Waals surface area contributed by atoms with Gasteiger partial charge in [0.15, 0.2) is 0 Å². The zero-order valence-corrected chi connectivity index (χ0v) is 11.9. The maximum Gasteiger partial charge on any atom is 0.263 e. The van der Waals surface area contributed by atoms with E-state index in [0.717, 1.165) is 16.6 Å². The average Bonchev–Trinajstić information content (AvgIpc) is 3.08. The molecule has 0 fully saturated rings. The first-order valence-corrected chi connectivity index (χ1v) is 6.84. The lowest BCUT2D eigenvalue weighted by molar-refractivity contribution is 0.0962. The van der Waals surface area contributed by atoms with Crippen molar-refractivity contribution in [1.82, 2.24) is 18.9 Å². The normalized spacial score (nSPS) is 11.3. The summed E-state index contributed by atoms with van der Waals surface area (Å²) in [7, 11) is 0. The SMILES string of the molecule is Cc1nc2ccc(N)cc2n1C(=O)c1ccn2cncc2c1. The number of rotatable bonds is 1. The Labute approximate surface area is 125 Å². The van der Waals surface area contributed by atoms with Gasteiger partial charge in [-0.15, -0.1) is 0 Å². The highest BCUT2D eigenvalue weighted by atomic mass is 16.2. The summed E-state index contributed by atoms with van der Waals surface area (Å²) >= 11 is 0. The van der Waals surface area contributed by atoms with E-state index < -0.39 is 0 Å².